The van der Waals surface area contributed by atoms with E-state index in [1.165, 1.54) is 0 Å². The summed E-state index contributed by atoms with van der Waals surface area (Å²) in [5, 5.41) is 9.29. The van der Waals surface area contributed by atoms with Crippen molar-refractivity contribution in [3.63, 3.8) is 0 Å². The van der Waals surface area contributed by atoms with Crippen molar-refractivity contribution in [2.24, 2.45) is 0 Å². The molecule has 0 amide bonds. The number of ether oxygens (including phenoxy) is 1. The van der Waals surface area contributed by atoms with Crippen molar-refractivity contribution in [1.82, 2.24) is 19.3 Å². The molecule has 6 nitrogen and oxygen atoms in total. The number of fused-ring (bicyclic) bond motifs is 1. The third kappa shape index (κ3) is 2.79. The summed E-state index contributed by atoms with van der Waals surface area (Å²) in [5.74, 6) is 0.752. The molecule has 3 heterocycles. The molecule has 2 aromatic rings. The molecule has 2 unspecified atom stereocenters. The van der Waals surface area contributed by atoms with Crippen LogP contribution in [0.4, 0.5) is 0 Å². The number of aliphatic hydroxyl groups excluding tert-OH is 1. The first-order valence-corrected chi connectivity index (χ1v) is 7.35. The Morgan fingerprint density at radius 3 is 3.00 bits per heavy atom. The van der Waals surface area contributed by atoms with Gasteiger partial charge in [0.05, 0.1) is 31.2 Å². The van der Waals surface area contributed by atoms with E-state index in [0.717, 1.165) is 35.9 Å². The third-order valence-electron chi connectivity index (χ3n) is 4.07. The van der Waals surface area contributed by atoms with Crippen molar-refractivity contribution in [3.05, 3.63) is 29.3 Å². The molecule has 0 aromatic carbocycles. The Morgan fingerprint density at radius 2 is 2.24 bits per heavy atom. The number of imidazole rings is 1. The van der Waals surface area contributed by atoms with Crippen LogP contribution in [0.15, 0.2) is 12.3 Å². The highest BCUT2D eigenvalue weighted by atomic mass is 16.5. The lowest BCUT2D eigenvalue weighted by Gasteiger charge is -2.37. The number of aliphatic hydroxyl groups is 1. The van der Waals surface area contributed by atoms with Gasteiger partial charge in [-0.2, -0.15) is 0 Å². The molecule has 21 heavy (non-hydrogen) atoms. The quantitative estimate of drug-likeness (QED) is 0.911. The van der Waals surface area contributed by atoms with Gasteiger partial charge in [0, 0.05) is 30.5 Å². The zero-order chi connectivity index (χ0) is 15.0. The van der Waals surface area contributed by atoms with Gasteiger partial charge in [-0.05, 0) is 26.8 Å². The van der Waals surface area contributed by atoms with Gasteiger partial charge >= 0.3 is 0 Å². The first kappa shape index (κ1) is 14.4. The number of morpholine rings is 1. The summed E-state index contributed by atoms with van der Waals surface area (Å²) >= 11 is 0. The van der Waals surface area contributed by atoms with E-state index in [-0.39, 0.29) is 12.7 Å². The van der Waals surface area contributed by atoms with Crippen LogP contribution < -0.4 is 0 Å². The minimum Gasteiger partial charge on any atom is -0.394 e. The summed E-state index contributed by atoms with van der Waals surface area (Å²) in [4.78, 5) is 11.2. The third-order valence-corrected chi connectivity index (χ3v) is 4.07. The number of aromatic nitrogens is 3. The van der Waals surface area contributed by atoms with Gasteiger partial charge in [-0.1, -0.05) is 0 Å². The second-order valence-electron chi connectivity index (χ2n) is 5.84. The Kier molecular flexibility index (Phi) is 3.93. The Balaban J connectivity index is 1.87. The minimum atomic E-state index is -0.0955. The Morgan fingerprint density at radius 1 is 1.43 bits per heavy atom. The normalized spacial score (nSPS) is 23.8. The molecule has 1 saturated heterocycles. The van der Waals surface area contributed by atoms with E-state index in [2.05, 4.69) is 39.2 Å². The summed E-state index contributed by atoms with van der Waals surface area (Å²) in [5.41, 5.74) is 3.25. The van der Waals surface area contributed by atoms with E-state index in [9.17, 15) is 5.11 Å². The molecular formula is C15H22N4O2. The van der Waals surface area contributed by atoms with Crippen LogP contribution in [0, 0.1) is 13.8 Å². The van der Waals surface area contributed by atoms with Gasteiger partial charge in [-0.25, -0.2) is 9.97 Å². The fraction of sp³-hybridized carbons (Fsp3) is 0.600. The van der Waals surface area contributed by atoms with Crippen LogP contribution in [-0.2, 0) is 11.3 Å². The molecule has 1 aliphatic rings. The van der Waals surface area contributed by atoms with Crippen molar-refractivity contribution in [2.45, 2.75) is 39.5 Å². The molecule has 114 valence electrons. The van der Waals surface area contributed by atoms with Crippen molar-refractivity contribution >= 4 is 5.78 Å². The summed E-state index contributed by atoms with van der Waals surface area (Å²) in [6, 6.07) is 2.40. The molecule has 1 fully saturated rings. The molecule has 3 rings (SSSR count). The average molecular weight is 290 g/mol. The van der Waals surface area contributed by atoms with Gasteiger partial charge in [0.2, 0.25) is 5.78 Å². The lowest BCUT2D eigenvalue weighted by molar-refractivity contribution is -0.0809. The zero-order valence-corrected chi connectivity index (χ0v) is 12.8. The molecule has 0 spiro atoms. The first-order valence-electron chi connectivity index (χ1n) is 7.35. The number of aryl methyl sites for hydroxylation is 2. The molecule has 2 aromatic heterocycles. The lowest BCUT2D eigenvalue weighted by Crippen LogP contribution is -2.49. The molecule has 1 aliphatic heterocycles. The number of hydrogen-bond donors (Lipinski definition) is 1. The largest absolute Gasteiger partial charge is 0.394 e. The van der Waals surface area contributed by atoms with E-state index >= 15 is 0 Å². The monoisotopic (exact) mass is 290 g/mol. The second kappa shape index (κ2) is 5.71. The fourth-order valence-electron chi connectivity index (χ4n) is 2.92. The molecule has 0 aliphatic carbocycles. The SMILES string of the molecule is Cc1cc(C)n2c(CN3CC(CO)OCC3C)cnc2n1. The van der Waals surface area contributed by atoms with Gasteiger partial charge in [0.15, 0.2) is 0 Å². The second-order valence-corrected chi connectivity index (χ2v) is 5.84. The van der Waals surface area contributed by atoms with Gasteiger partial charge in [0.1, 0.15) is 0 Å². The van der Waals surface area contributed by atoms with Crippen LogP contribution in [0.1, 0.15) is 24.0 Å². The highest BCUT2D eigenvalue weighted by Crippen LogP contribution is 2.17. The molecular weight excluding hydrogens is 268 g/mol. The molecule has 2 atom stereocenters. The molecule has 0 saturated carbocycles. The van der Waals surface area contributed by atoms with Crippen molar-refractivity contribution in [1.29, 1.82) is 0 Å². The predicted molar refractivity (Wildman–Crippen MR) is 79.2 cm³/mol. The molecule has 0 bridgehead atoms. The Hall–Kier alpha value is -1.50. The van der Waals surface area contributed by atoms with Gasteiger partial charge in [-0.3, -0.25) is 9.30 Å². The summed E-state index contributed by atoms with van der Waals surface area (Å²) in [7, 11) is 0. The molecule has 6 heteroatoms. The Labute approximate surface area is 124 Å². The number of rotatable bonds is 3. The highest BCUT2D eigenvalue weighted by molar-refractivity contribution is 5.35. The number of nitrogens with zero attached hydrogens (tertiary/aromatic N) is 4. The maximum Gasteiger partial charge on any atom is 0.234 e. The zero-order valence-electron chi connectivity index (χ0n) is 12.8. The van der Waals surface area contributed by atoms with Gasteiger partial charge < -0.3 is 9.84 Å². The van der Waals surface area contributed by atoms with E-state index in [4.69, 9.17) is 4.74 Å². The van der Waals surface area contributed by atoms with Crippen LogP contribution in [-0.4, -0.2) is 56.3 Å². The standard InChI is InChI=1S/C15H22N4O2/c1-10-4-11(2)19-13(5-16-15(19)17-10)6-18-7-14(8-20)21-9-12(18)3/h4-5,12,14,20H,6-9H2,1-3H3. The maximum absolute atomic E-state index is 9.29. The van der Waals surface area contributed by atoms with Crippen molar-refractivity contribution in [3.8, 4) is 0 Å². The Bertz CT molecular complexity index is 640. The van der Waals surface area contributed by atoms with E-state index in [1.807, 2.05) is 13.1 Å². The predicted octanol–water partition coefficient (Wildman–Crippen LogP) is 0.928. The van der Waals surface area contributed by atoms with Crippen LogP contribution >= 0.6 is 0 Å². The van der Waals surface area contributed by atoms with Crippen LogP contribution in [0.2, 0.25) is 0 Å². The smallest absolute Gasteiger partial charge is 0.234 e. The fourth-order valence-corrected chi connectivity index (χ4v) is 2.92. The van der Waals surface area contributed by atoms with Crippen LogP contribution in [0.25, 0.3) is 5.78 Å². The molecule has 0 radical (unpaired) electrons. The van der Waals surface area contributed by atoms with Gasteiger partial charge in [0.25, 0.3) is 0 Å². The number of hydrogen-bond acceptors (Lipinski definition) is 5. The van der Waals surface area contributed by atoms with Gasteiger partial charge in [-0.15, -0.1) is 0 Å². The summed E-state index contributed by atoms with van der Waals surface area (Å²) in [6.45, 7) is 8.45. The van der Waals surface area contributed by atoms with Crippen LogP contribution in [0.5, 0.6) is 0 Å². The van der Waals surface area contributed by atoms with E-state index in [1.54, 1.807) is 0 Å². The van der Waals surface area contributed by atoms with E-state index in [0.29, 0.717) is 12.6 Å². The summed E-state index contributed by atoms with van der Waals surface area (Å²) < 4.78 is 7.69. The maximum atomic E-state index is 9.29. The molecule has 1 N–H and O–H groups in total. The van der Waals surface area contributed by atoms with Crippen LogP contribution in [0.3, 0.4) is 0 Å². The topological polar surface area (TPSA) is 62.9 Å². The van der Waals surface area contributed by atoms with Crippen molar-refractivity contribution in [2.75, 3.05) is 19.8 Å². The van der Waals surface area contributed by atoms with E-state index < -0.39 is 0 Å². The van der Waals surface area contributed by atoms with Crippen molar-refractivity contribution < 1.29 is 9.84 Å². The summed E-state index contributed by atoms with van der Waals surface area (Å²) in [6.07, 6.45) is 1.80. The lowest BCUT2D eigenvalue weighted by atomic mass is 10.2. The minimum absolute atomic E-state index is 0.0656. The highest BCUT2D eigenvalue weighted by Gasteiger charge is 2.26. The first-order chi connectivity index (χ1) is 10.1. The average Bonchev–Trinajstić information content (AvgIpc) is 2.84.